The lowest BCUT2D eigenvalue weighted by atomic mass is 9.92. The van der Waals surface area contributed by atoms with E-state index in [9.17, 15) is 4.79 Å². The maximum absolute atomic E-state index is 12.5. The molecule has 7 heteroatoms. The number of carbonyl (C=O) groups excluding carboxylic acids is 1. The average Bonchev–Trinajstić information content (AvgIpc) is 3.01. The third kappa shape index (κ3) is 4.95. The molecule has 0 bridgehead atoms. The van der Waals surface area contributed by atoms with Crippen molar-refractivity contribution in [1.82, 2.24) is 15.1 Å². The minimum atomic E-state index is 0.201. The van der Waals surface area contributed by atoms with Gasteiger partial charge in [-0.1, -0.05) is 55.1 Å². The summed E-state index contributed by atoms with van der Waals surface area (Å²) in [5.41, 5.74) is 2.19. The summed E-state index contributed by atoms with van der Waals surface area (Å²) in [6.07, 6.45) is 1.21. The fourth-order valence-corrected chi connectivity index (χ4v) is 4.90. The summed E-state index contributed by atoms with van der Waals surface area (Å²) >= 11 is 2.96. The number of rotatable bonds is 5. The molecule has 1 amide bonds. The number of aryl methyl sites for hydroxylation is 1. The molecule has 2 heterocycles. The predicted molar refractivity (Wildman–Crippen MR) is 105 cm³/mol. The molecule has 2 aromatic rings. The molecule has 1 aromatic heterocycles. The molecular formula is C18H24N4OS2. The molecule has 1 aliphatic rings. The van der Waals surface area contributed by atoms with Crippen LogP contribution in [0.5, 0.6) is 0 Å². The summed E-state index contributed by atoms with van der Waals surface area (Å²) in [5, 5.41) is 12.4. The Kier molecular flexibility index (Phi) is 5.96. The monoisotopic (exact) mass is 376 g/mol. The van der Waals surface area contributed by atoms with E-state index in [1.165, 1.54) is 29.5 Å². The minimum Gasteiger partial charge on any atom is -0.341 e. The lowest BCUT2D eigenvalue weighted by Gasteiger charge is -2.34. The number of carbonyl (C=O) groups is 1. The van der Waals surface area contributed by atoms with Gasteiger partial charge in [-0.2, -0.15) is 0 Å². The van der Waals surface area contributed by atoms with Crippen molar-refractivity contribution in [3.8, 4) is 0 Å². The third-order valence-corrected chi connectivity index (χ3v) is 6.29. The first-order valence-corrected chi connectivity index (χ1v) is 10.4. The number of thioether (sulfide) groups is 1. The SMILES string of the molecule is Cc1ccccc1Nc1nnc(SCC(=O)N2C[C@H](C)C[C@H](C)C2)s1. The quantitative estimate of drug-likeness (QED) is 0.793. The van der Waals surface area contributed by atoms with Gasteiger partial charge in [-0.25, -0.2) is 0 Å². The molecule has 25 heavy (non-hydrogen) atoms. The molecule has 1 aromatic carbocycles. The van der Waals surface area contributed by atoms with Gasteiger partial charge < -0.3 is 10.2 Å². The van der Waals surface area contributed by atoms with Crippen molar-refractivity contribution < 1.29 is 4.79 Å². The molecule has 0 aliphatic carbocycles. The highest BCUT2D eigenvalue weighted by atomic mass is 32.2. The van der Waals surface area contributed by atoms with Crippen LogP contribution < -0.4 is 5.32 Å². The Morgan fingerprint density at radius 2 is 2.00 bits per heavy atom. The Morgan fingerprint density at radius 3 is 2.72 bits per heavy atom. The summed E-state index contributed by atoms with van der Waals surface area (Å²) < 4.78 is 0.822. The molecule has 0 radical (unpaired) electrons. The van der Waals surface area contributed by atoms with Crippen molar-refractivity contribution in [2.75, 3.05) is 24.2 Å². The molecule has 1 N–H and O–H groups in total. The number of piperidine rings is 1. The van der Waals surface area contributed by atoms with Crippen LogP contribution in [0.3, 0.4) is 0 Å². The standard InChI is InChI=1S/C18H24N4OS2/c1-12-8-13(2)10-22(9-12)16(23)11-24-18-21-20-17(25-18)19-15-7-5-4-6-14(15)3/h4-7,12-13H,8-11H2,1-3H3,(H,19,20)/t12-,13+. The van der Waals surface area contributed by atoms with Crippen molar-refractivity contribution in [1.29, 1.82) is 0 Å². The second-order valence-electron chi connectivity index (χ2n) is 6.85. The number of amides is 1. The molecule has 134 valence electrons. The summed E-state index contributed by atoms with van der Waals surface area (Å²) in [6.45, 7) is 8.24. The van der Waals surface area contributed by atoms with E-state index in [1.807, 2.05) is 23.1 Å². The Balaban J connectivity index is 1.53. The van der Waals surface area contributed by atoms with Gasteiger partial charge in [0.15, 0.2) is 4.34 Å². The number of para-hydroxylation sites is 1. The van der Waals surface area contributed by atoms with Crippen molar-refractivity contribution in [3.63, 3.8) is 0 Å². The van der Waals surface area contributed by atoms with Gasteiger partial charge in [0.25, 0.3) is 0 Å². The normalized spacial score (nSPS) is 20.5. The van der Waals surface area contributed by atoms with Gasteiger partial charge >= 0.3 is 0 Å². The van der Waals surface area contributed by atoms with Crippen molar-refractivity contribution in [2.45, 2.75) is 31.5 Å². The van der Waals surface area contributed by atoms with Gasteiger partial charge in [-0.15, -0.1) is 10.2 Å². The van der Waals surface area contributed by atoms with Gasteiger partial charge in [-0.05, 0) is 36.8 Å². The fourth-order valence-electron chi connectivity index (χ4n) is 3.23. The van der Waals surface area contributed by atoms with Crippen LogP contribution in [-0.2, 0) is 4.79 Å². The van der Waals surface area contributed by atoms with Crippen LogP contribution in [0.15, 0.2) is 28.6 Å². The number of anilines is 2. The summed E-state index contributed by atoms with van der Waals surface area (Å²) in [5.74, 6) is 1.80. The van der Waals surface area contributed by atoms with E-state index < -0.39 is 0 Å². The van der Waals surface area contributed by atoms with Crippen LogP contribution in [0.25, 0.3) is 0 Å². The number of nitrogens with zero attached hydrogens (tertiary/aromatic N) is 3. The Bertz CT molecular complexity index is 723. The van der Waals surface area contributed by atoms with Crippen LogP contribution in [-0.4, -0.2) is 39.8 Å². The summed E-state index contributed by atoms with van der Waals surface area (Å²) in [4.78, 5) is 14.5. The van der Waals surface area contributed by atoms with E-state index in [0.29, 0.717) is 17.6 Å². The highest BCUT2D eigenvalue weighted by Crippen LogP contribution is 2.29. The van der Waals surface area contributed by atoms with E-state index in [-0.39, 0.29) is 5.91 Å². The van der Waals surface area contributed by atoms with Gasteiger partial charge in [0.2, 0.25) is 11.0 Å². The number of aromatic nitrogens is 2. The molecule has 0 spiro atoms. The molecule has 1 saturated heterocycles. The molecule has 5 nitrogen and oxygen atoms in total. The number of nitrogens with one attached hydrogen (secondary N) is 1. The first kappa shape index (κ1) is 18.2. The maximum atomic E-state index is 12.5. The van der Waals surface area contributed by atoms with Gasteiger partial charge in [0.05, 0.1) is 5.75 Å². The summed E-state index contributed by atoms with van der Waals surface area (Å²) in [7, 11) is 0. The zero-order valence-electron chi connectivity index (χ0n) is 14.9. The topological polar surface area (TPSA) is 58.1 Å². The predicted octanol–water partition coefficient (Wildman–Crippen LogP) is 4.19. The molecule has 0 saturated carbocycles. The summed E-state index contributed by atoms with van der Waals surface area (Å²) in [6, 6.07) is 8.07. The lowest BCUT2D eigenvalue weighted by molar-refractivity contribution is -0.130. The second kappa shape index (κ2) is 8.19. The third-order valence-electron chi connectivity index (χ3n) is 4.33. The Hall–Kier alpha value is -1.60. The zero-order valence-corrected chi connectivity index (χ0v) is 16.5. The number of hydrogen-bond donors (Lipinski definition) is 1. The van der Waals surface area contributed by atoms with E-state index >= 15 is 0 Å². The number of hydrogen-bond acceptors (Lipinski definition) is 6. The molecule has 1 fully saturated rings. The van der Waals surface area contributed by atoms with Crippen molar-refractivity contribution in [2.24, 2.45) is 11.8 Å². The van der Waals surface area contributed by atoms with Crippen LogP contribution in [0.2, 0.25) is 0 Å². The average molecular weight is 377 g/mol. The van der Waals surface area contributed by atoms with Crippen LogP contribution in [0.1, 0.15) is 25.8 Å². The minimum absolute atomic E-state index is 0.201. The van der Waals surface area contributed by atoms with Crippen molar-refractivity contribution in [3.05, 3.63) is 29.8 Å². The second-order valence-corrected chi connectivity index (χ2v) is 9.05. The molecule has 2 atom stereocenters. The highest BCUT2D eigenvalue weighted by Gasteiger charge is 2.25. The largest absolute Gasteiger partial charge is 0.341 e. The number of benzene rings is 1. The van der Waals surface area contributed by atoms with E-state index in [2.05, 4.69) is 42.4 Å². The maximum Gasteiger partial charge on any atom is 0.233 e. The lowest BCUT2D eigenvalue weighted by Crippen LogP contribution is -2.43. The van der Waals surface area contributed by atoms with Gasteiger partial charge in [-0.3, -0.25) is 4.79 Å². The fraction of sp³-hybridized carbons (Fsp3) is 0.500. The molecular weight excluding hydrogens is 352 g/mol. The van der Waals surface area contributed by atoms with Crippen LogP contribution in [0, 0.1) is 18.8 Å². The van der Waals surface area contributed by atoms with E-state index in [0.717, 1.165) is 33.8 Å². The van der Waals surface area contributed by atoms with E-state index in [1.54, 1.807) is 0 Å². The smallest absolute Gasteiger partial charge is 0.233 e. The molecule has 1 aliphatic heterocycles. The molecule has 3 rings (SSSR count). The Morgan fingerprint density at radius 1 is 1.28 bits per heavy atom. The first-order chi connectivity index (χ1) is 12.0. The zero-order chi connectivity index (χ0) is 17.8. The van der Waals surface area contributed by atoms with Gasteiger partial charge in [0.1, 0.15) is 0 Å². The highest BCUT2D eigenvalue weighted by molar-refractivity contribution is 8.01. The van der Waals surface area contributed by atoms with Gasteiger partial charge in [0, 0.05) is 18.8 Å². The molecule has 0 unspecified atom stereocenters. The van der Waals surface area contributed by atoms with Crippen molar-refractivity contribution >= 4 is 39.8 Å². The number of likely N-dealkylation sites (tertiary alicyclic amines) is 1. The van der Waals surface area contributed by atoms with E-state index in [4.69, 9.17) is 0 Å². The first-order valence-electron chi connectivity index (χ1n) is 8.58. The Labute approximate surface area is 157 Å². The van der Waals surface area contributed by atoms with Crippen LogP contribution in [0.4, 0.5) is 10.8 Å². The van der Waals surface area contributed by atoms with Crippen LogP contribution >= 0.6 is 23.1 Å².